The van der Waals surface area contributed by atoms with E-state index in [0.717, 1.165) is 25.0 Å². The van der Waals surface area contributed by atoms with Crippen LogP contribution in [0.2, 0.25) is 5.02 Å². The maximum atomic E-state index is 13.5. The Morgan fingerprint density at radius 3 is 2.76 bits per heavy atom. The summed E-state index contributed by atoms with van der Waals surface area (Å²) in [6.07, 6.45) is 4.85. The molecule has 4 nitrogen and oxygen atoms in total. The molecular formula is C15H15ClFNO3. The van der Waals surface area contributed by atoms with Gasteiger partial charge in [-0.2, -0.15) is 0 Å². The van der Waals surface area contributed by atoms with Gasteiger partial charge >= 0.3 is 5.97 Å². The molecular weight excluding hydrogens is 297 g/mol. The Labute approximate surface area is 126 Å². The van der Waals surface area contributed by atoms with E-state index < -0.39 is 23.7 Å². The van der Waals surface area contributed by atoms with Crippen molar-refractivity contribution in [1.29, 1.82) is 0 Å². The summed E-state index contributed by atoms with van der Waals surface area (Å²) in [7, 11) is 0. The smallest absolute Gasteiger partial charge is 0.326 e. The van der Waals surface area contributed by atoms with Crippen LogP contribution in [0.25, 0.3) is 6.08 Å². The van der Waals surface area contributed by atoms with Crippen molar-refractivity contribution in [3.63, 3.8) is 0 Å². The predicted molar refractivity (Wildman–Crippen MR) is 77.4 cm³/mol. The number of halogens is 2. The summed E-state index contributed by atoms with van der Waals surface area (Å²) in [5.74, 6) is -1.78. The highest BCUT2D eigenvalue weighted by Crippen LogP contribution is 2.33. The van der Waals surface area contributed by atoms with E-state index in [0.29, 0.717) is 12.3 Å². The van der Waals surface area contributed by atoms with Crippen LogP contribution in [0.5, 0.6) is 0 Å². The first kappa shape index (κ1) is 15.5. The molecule has 2 rings (SSSR count). The molecule has 1 aliphatic carbocycles. The standard InChI is InChI=1S/C15H15ClFNO3/c16-11-5-3-10(12(17)8-11)4-6-14(19)18-13(15(20)21)7-9-1-2-9/h3-6,8-9,13H,1-2,7H2,(H,18,19)(H,20,21). The summed E-state index contributed by atoms with van der Waals surface area (Å²) in [6, 6.07) is 3.20. The lowest BCUT2D eigenvalue weighted by Crippen LogP contribution is -2.40. The molecule has 0 radical (unpaired) electrons. The van der Waals surface area contributed by atoms with E-state index >= 15 is 0 Å². The van der Waals surface area contributed by atoms with Crippen molar-refractivity contribution < 1.29 is 19.1 Å². The second-order valence-corrected chi connectivity index (χ2v) is 5.51. The summed E-state index contributed by atoms with van der Waals surface area (Å²) in [5, 5.41) is 11.7. The minimum Gasteiger partial charge on any atom is -0.480 e. The highest BCUT2D eigenvalue weighted by Gasteiger charge is 2.29. The molecule has 1 unspecified atom stereocenters. The van der Waals surface area contributed by atoms with E-state index in [-0.39, 0.29) is 10.6 Å². The van der Waals surface area contributed by atoms with Crippen molar-refractivity contribution in [2.75, 3.05) is 0 Å². The van der Waals surface area contributed by atoms with Crippen LogP contribution in [-0.2, 0) is 9.59 Å². The topological polar surface area (TPSA) is 66.4 Å². The van der Waals surface area contributed by atoms with Crippen molar-refractivity contribution >= 4 is 29.6 Å². The van der Waals surface area contributed by atoms with Gasteiger partial charge in [0.15, 0.2) is 0 Å². The number of benzene rings is 1. The molecule has 0 aromatic heterocycles. The first-order valence-corrected chi connectivity index (χ1v) is 7.00. The zero-order chi connectivity index (χ0) is 15.4. The number of carbonyl (C=O) groups is 2. The van der Waals surface area contributed by atoms with E-state index in [4.69, 9.17) is 16.7 Å². The number of carboxylic acids is 1. The number of amides is 1. The quantitative estimate of drug-likeness (QED) is 0.794. The molecule has 1 aromatic rings. The van der Waals surface area contributed by atoms with Gasteiger partial charge in [0, 0.05) is 16.7 Å². The van der Waals surface area contributed by atoms with Gasteiger partial charge in [-0.05, 0) is 30.5 Å². The summed E-state index contributed by atoms with van der Waals surface area (Å²) >= 11 is 5.63. The lowest BCUT2D eigenvalue weighted by Gasteiger charge is -2.12. The predicted octanol–water partition coefficient (Wildman–Crippen LogP) is 2.86. The van der Waals surface area contributed by atoms with Crippen molar-refractivity contribution in [1.82, 2.24) is 5.32 Å². The lowest BCUT2D eigenvalue weighted by molar-refractivity contribution is -0.141. The SMILES string of the molecule is O=C(C=Cc1ccc(Cl)cc1F)NC(CC1CC1)C(=O)O. The molecule has 0 saturated heterocycles. The number of rotatable bonds is 6. The number of nitrogens with one attached hydrogen (secondary N) is 1. The number of hydrogen-bond donors (Lipinski definition) is 2. The third-order valence-electron chi connectivity index (χ3n) is 3.26. The molecule has 6 heteroatoms. The molecule has 1 fully saturated rings. The monoisotopic (exact) mass is 311 g/mol. The van der Waals surface area contributed by atoms with Gasteiger partial charge < -0.3 is 10.4 Å². The Balaban J connectivity index is 1.95. The van der Waals surface area contributed by atoms with Gasteiger partial charge in [0.2, 0.25) is 5.91 Å². The van der Waals surface area contributed by atoms with Crippen LogP contribution in [0, 0.1) is 11.7 Å². The van der Waals surface area contributed by atoms with E-state index in [2.05, 4.69) is 5.32 Å². The molecule has 1 aliphatic rings. The number of hydrogen-bond acceptors (Lipinski definition) is 2. The maximum Gasteiger partial charge on any atom is 0.326 e. The van der Waals surface area contributed by atoms with Gasteiger partial charge in [0.25, 0.3) is 0 Å². The van der Waals surface area contributed by atoms with Gasteiger partial charge in [-0.3, -0.25) is 4.79 Å². The highest BCUT2D eigenvalue weighted by atomic mass is 35.5. The van der Waals surface area contributed by atoms with Crippen LogP contribution in [0.1, 0.15) is 24.8 Å². The van der Waals surface area contributed by atoms with E-state index in [1.807, 2.05) is 0 Å². The number of aliphatic carboxylic acids is 1. The lowest BCUT2D eigenvalue weighted by atomic mass is 10.1. The van der Waals surface area contributed by atoms with E-state index in [1.165, 1.54) is 18.2 Å². The summed E-state index contributed by atoms with van der Waals surface area (Å²) in [4.78, 5) is 22.8. The summed E-state index contributed by atoms with van der Waals surface area (Å²) in [5.41, 5.74) is 0.212. The zero-order valence-corrected chi connectivity index (χ0v) is 11.9. The van der Waals surface area contributed by atoms with Crippen LogP contribution < -0.4 is 5.32 Å². The fraction of sp³-hybridized carbons (Fsp3) is 0.333. The highest BCUT2D eigenvalue weighted by molar-refractivity contribution is 6.30. The van der Waals surface area contributed by atoms with Crippen molar-refractivity contribution in [2.24, 2.45) is 5.92 Å². The molecule has 0 spiro atoms. The molecule has 1 aromatic carbocycles. The average Bonchev–Trinajstić information content (AvgIpc) is 3.21. The Bertz CT molecular complexity index is 584. The Morgan fingerprint density at radius 2 is 2.19 bits per heavy atom. The van der Waals surface area contributed by atoms with Gasteiger partial charge in [0.1, 0.15) is 11.9 Å². The van der Waals surface area contributed by atoms with Gasteiger partial charge in [0.05, 0.1) is 0 Å². The zero-order valence-electron chi connectivity index (χ0n) is 11.2. The normalized spacial score (nSPS) is 15.9. The second-order valence-electron chi connectivity index (χ2n) is 5.08. The Hall–Kier alpha value is -1.88. The van der Waals surface area contributed by atoms with Crippen LogP contribution >= 0.6 is 11.6 Å². The molecule has 1 amide bonds. The first-order chi connectivity index (χ1) is 9.95. The minimum atomic E-state index is -1.05. The van der Waals surface area contributed by atoms with Crippen molar-refractivity contribution in [3.8, 4) is 0 Å². The molecule has 112 valence electrons. The molecule has 2 N–H and O–H groups in total. The maximum absolute atomic E-state index is 13.5. The van der Waals surface area contributed by atoms with Crippen molar-refractivity contribution in [3.05, 3.63) is 40.7 Å². The largest absolute Gasteiger partial charge is 0.480 e. The average molecular weight is 312 g/mol. The van der Waals surface area contributed by atoms with Crippen molar-refractivity contribution in [2.45, 2.75) is 25.3 Å². The number of carboxylic acid groups (broad SMARTS) is 1. The summed E-state index contributed by atoms with van der Waals surface area (Å²) < 4.78 is 13.5. The van der Waals surface area contributed by atoms with Crippen LogP contribution in [0.4, 0.5) is 4.39 Å². The number of carbonyl (C=O) groups excluding carboxylic acids is 1. The molecule has 0 heterocycles. The third kappa shape index (κ3) is 4.86. The minimum absolute atomic E-state index is 0.212. The van der Waals surface area contributed by atoms with Gasteiger partial charge in [-0.25, -0.2) is 9.18 Å². The van der Waals surface area contributed by atoms with Crippen LogP contribution in [0.15, 0.2) is 24.3 Å². The molecule has 0 bridgehead atoms. The fourth-order valence-corrected chi connectivity index (χ4v) is 2.09. The Kier molecular flexibility index (Phi) is 4.96. The van der Waals surface area contributed by atoms with Gasteiger partial charge in [-0.1, -0.05) is 30.5 Å². The van der Waals surface area contributed by atoms with Crippen LogP contribution in [-0.4, -0.2) is 23.0 Å². The van der Waals surface area contributed by atoms with E-state index in [9.17, 15) is 14.0 Å². The van der Waals surface area contributed by atoms with Crippen LogP contribution in [0.3, 0.4) is 0 Å². The molecule has 1 atom stereocenters. The molecule has 21 heavy (non-hydrogen) atoms. The van der Waals surface area contributed by atoms with E-state index in [1.54, 1.807) is 0 Å². The fourth-order valence-electron chi connectivity index (χ4n) is 1.93. The molecule has 1 saturated carbocycles. The van der Waals surface area contributed by atoms with Gasteiger partial charge in [-0.15, -0.1) is 0 Å². The first-order valence-electron chi connectivity index (χ1n) is 6.62. The second kappa shape index (κ2) is 6.72. The Morgan fingerprint density at radius 1 is 1.48 bits per heavy atom. The third-order valence-corrected chi connectivity index (χ3v) is 3.49. The summed E-state index contributed by atoms with van der Waals surface area (Å²) in [6.45, 7) is 0. The molecule has 0 aliphatic heterocycles.